The predicted molar refractivity (Wildman–Crippen MR) is 113 cm³/mol. The number of hydrogen-bond donors (Lipinski definition) is 0. The van der Waals surface area contributed by atoms with Crippen LogP contribution in [0.5, 0.6) is 0 Å². The zero-order chi connectivity index (χ0) is 21.2. The molecule has 2 aliphatic rings. The Morgan fingerprint density at radius 1 is 0.308 bits per heavy atom. The van der Waals surface area contributed by atoms with E-state index in [1.165, 1.54) is 59.2 Å². The van der Waals surface area contributed by atoms with E-state index in [0.29, 0.717) is 0 Å². The quantitative estimate of drug-likeness (QED) is 0.240. The molecule has 0 atom stereocenters. The molecule has 6 heteroatoms. The summed E-state index contributed by atoms with van der Waals surface area (Å²) in [6, 6.07) is 0. The molecule has 0 spiro atoms. The summed E-state index contributed by atoms with van der Waals surface area (Å²) in [5, 5.41) is 0. The predicted octanol–water partition coefficient (Wildman–Crippen LogP) is 8.70. The molecule has 0 aliphatic heterocycles. The summed E-state index contributed by atoms with van der Waals surface area (Å²) < 4.78 is 0. The molecular weight excluding hydrogens is 584 g/mol. The van der Waals surface area contributed by atoms with Crippen molar-refractivity contribution in [3.8, 4) is 0 Å². The van der Waals surface area contributed by atoms with Crippen LogP contribution in [0.15, 0.2) is 0 Å². The van der Waals surface area contributed by atoms with Gasteiger partial charge in [0.25, 0.3) is 0 Å². The fourth-order valence-corrected chi connectivity index (χ4v) is 2.81. The first-order valence-electron chi connectivity index (χ1n) is 8.03. The summed E-state index contributed by atoms with van der Waals surface area (Å²) in [5.41, 5.74) is 0. The van der Waals surface area contributed by atoms with Crippen molar-refractivity contribution in [1.82, 2.24) is 0 Å². The first kappa shape index (κ1) is 30.6. The van der Waals surface area contributed by atoms with Crippen LogP contribution in [-0.2, 0) is 30.3 Å². The molecule has 0 nitrogen and oxygen atoms in total. The van der Waals surface area contributed by atoms with E-state index < -0.39 is 0 Å². The van der Waals surface area contributed by atoms with Crippen LogP contribution in [0.3, 0.4) is 0 Å². The van der Waals surface area contributed by atoms with Gasteiger partial charge in [0.15, 0.2) is 0 Å². The molecule has 0 saturated heterocycles. The second kappa shape index (κ2) is 16.1. The van der Waals surface area contributed by atoms with Gasteiger partial charge >= 0.3 is 69.1 Å². The Kier molecular flexibility index (Phi) is 19.0. The van der Waals surface area contributed by atoms with Gasteiger partial charge in [0.2, 0.25) is 0 Å². The second-order valence-corrected chi connectivity index (χ2v) is 11.6. The molecule has 0 heterocycles. The van der Waals surface area contributed by atoms with Gasteiger partial charge in [0, 0.05) is 0 Å². The molecule has 0 aromatic rings. The van der Waals surface area contributed by atoms with Gasteiger partial charge in [0.1, 0.15) is 0 Å². The maximum atomic E-state index is 4.85. The Morgan fingerprint density at radius 3 is 0.385 bits per heavy atom. The summed E-state index contributed by atoms with van der Waals surface area (Å²) in [6.07, 6.45) is 0. The van der Waals surface area contributed by atoms with Crippen molar-refractivity contribution >= 4 is 38.8 Å². The van der Waals surface area contributed by atoms with Gasteiger partial charge in [-0.3, -0.25) is 0 Å². The Morgan fingerprint density at radius 2 is 0.346 bits per heavy atom. The van der Waals surface area contributed by atoms with E-state index in [4.69, 9.17) is 38.8 Å². The molecule has 0 N–H and O–H groups in total. The summed E-state index contributed by atoms with van der Waals surface area (Å²) in [7, 11) is 19.4. The van der Waals surface area contributed by atoms with Crippen LogP contribution in [0.25, 0.3) is 0 Å². The van der Waals surface area contributed by atoms with E-state index in [9.17, 15) is 0 Å². The van der Waals surface area contributed by atoms with Gasteiger partial charge in [0.05, 0.1) is 0 Å². The summed E-state index contributed by atoms with van der Waals surface area (Å²) in [4.78, 5) is 0. The first-order valence-corrected chi connectivity index (χ1v) is 17.0. The average molecular weight is 614 g/mol. The van der Waals surface area contributed by atoms with Crippen molar-refractivity contribution in [3.63, 3.8) is 0 Å². The summed E-state index contributed by atoms with van der Waals surface area (Å²) in [6.45, 7) is 22.0. The zero-order valence-electron chi connectivity index (χ0n) is 17.2. The van der Waals surface area contributed by atoms with Crippen molar-refractivity contribution in [2.24, 2.45) is 0 Å². The van der Waals surface area contributed by atoms with Crippen LogP contribution >= 0.6 is 38.8 Å². The first-order chi connectivity index (χ1) is 11.9. The third-order valence-electron chi connectivity index (χ3n) is 5.62. The standard InChI is InChI=1S/2C10H15.4ClH.2Ru/c2*1-6-7(2)9(4)10(5)8(6)3;;;;;;/h2*1-5H3;4*1H;;/q;;;;;;2*+2/p-4. The van der Waals surface area contributed by atoms with Gasteiger partial charge in [-0.15, -0.1) is 0 Å². The molecule has 0 unspecified atom stereocenters. The third kappa shape index (κ3) is 9.48. The minimum absolute atomic E-state index is 0.346. The summed E-state index contributed by atoms with van der Waals surface area (Å²) in [5.74, 6) is 14.7. The Bertz CT molecular complexity index is 224. The molecule has 0 aromatic carbocycles. The normalized spacial score (nSPS) is 23.6. The Labute approximate surface area is 196 Å². The Balaban J connectivity index is 0. The number of halogens is 4. The van der Waals surface area contributed by atoms with Crippen LogP contribution in [-0.4, -0.2) is 0 Å². The molecule has 26 heavy (non-hydrogen) atoms. The van der Waals surface area contributed by atoms with Crippen LogP contribution in [0.4, 0.5) is 0 Å². The second-order valence-electron chi connectivity index (χ2n) is 6.35. The Hall–Kier alpha value is 2.41. The third-order valence-corrected chi connectivity index (χ3v) is 5.62. The molecule has 2 saturated carbocycles. The van der Waals surface area contributed by atoms with Gasteiger partial charge in [-0.2, -0.15) is 0 Å². The van der Waals surface area contributed by atoms with E-state index in [1.54, 1.807) is 0 Å². The molecule has 10 radical (unpaired) electrons. The van der Waals surface area contributed by atoms with Crippen LogP contribution in [0.2, 0.25) is 0 Å². The van der Waals surface area contributed by atoms with E-state index in [0.717, 1.165) is 0 Å². The van der Waals surface area contributed by atoms with E-state index in [1.807, 2.05) is 0 Å². The van der Waals surface area contributed by atoms with Crippen molar-refractivity contribution in [2.45, 2.75) is 69.2 Å². The van der Waals surface area contributed by atoms with E-state index >= 15 is 0 Å². The average Bonchev–Trinajstić information content (AvgIpc) is 2.87. The molecule has 2 rings (SSSR count). The fraction of sp³-hybridized carbons (Fsp3) is 0.500. The topological polar surface area (TPSA) is 0 Å². The van der Waals surface area contributed by atoms with Gasteiger partial charge in [-0.1, -0.05) is 69.2 Å². The number of hydrogen-bond acceptors (Lipinski definition) is 0. The maximum absolute atomic E-state index is 4.85. The fourth-order valence-electron chi connectivity index (χ4n) is 2.81. The monoisotopic (exact) mass is 614 g/mol. The SMILES string of the molecule is C[C]1[C](C)[C](C)[C](C)[C]1C.C[C]1[C](C)[C](C)[C](C)[C]1C.[Cl][Ru][Cl].[Cl][Ru][Cl]. The van der Waals surface area contributed by atoms with Crippen LogP contribution in [0.1, 0.15) is 69.2 Å². The van der Waals surface area contributed by atoms with Crippen LogP contribution < -0.4 is 0 Å². The van der Waals surface area contributed by atoms with E-state index in [2.05, 4.69) is 69.2 Å². The van der Waals surface area contributed by atoms with Crippen molar-refractivity contribution in [3.05, 3.63) is 59.2 Å². The van der Waals surface area contributed by atoms with Crippen molar-refractivity contribution < 1.29 is 30.3 Å². The van der Waals surface area contributed by atoms with Crippen molar-refractivity contribution in [1.29, 1.82) is 0 Å². The number of rotatable bonds is 0. The summed E-state index contributed by atoms with van der Waals surface area (Å²) >= 11 is -0.691. The van der Waals surface area contributed by atoms with Gasteiger partial charge in [-0.25, -0.2) is 0 Å². The molecule has 2 fully saturated rings. The van der Waals surface area contributed by atoms with Gasteiger partial charge < -0.3 is 0 Å². The van der Waals surface area contributed by atoms with Gasteiger partial charge in [-0.05, 0) is 59.2 Å². The zero-order valence-corrected chi connectivity index (χ0v) is 23.7. The molecular formula is C20H30Cl4Ru2. The molecule has 0 bridgehead atoms. The minimum atomic E-state index is -0.346. The molecule has 0 aromatic heterocycles. The van der Waals surface area contributed by atoms with Crippen LogP contribution in [0, 0.1) is 59.2 Å². The molecule has 0 amide bonds. The molecule has 154 valence electrons. The van der Waals surface area contributed by atoms with E-state index in [-0.39, 0.29) is 30.3 Å². The molecule has 2 aliphatic carbocycles. The van der Waals surface area contributed by atoms with Crippen molar-refractivity contribution in [2.75, 3.05) is 0 Å².